The summed E-state index contributed by atoms with van der Waals surface area (Å²) in [4.78, 5) is 24.9. The van der Waals surface area contributed by atoms with Crippen molar-refractivity contribution in [3.63, 3.8) is 0 Å². The lowest BCUT2D eigenvalue weighted by atomic mass is 9.84. The van der Waals surface area contributed by atoms with Crippen LogP contribution in [0.1, 0.15) is 72.1 Å². The Morgan fingerprint density at radius 1 is 0.846 bits per heavy atom. The molecule has 0 radical (unpaired) electrons. The molecule has 1 fully saturated rings. The summed E-state index contributed by atoms with van der Waals surface area (Å²) in [5.41, 5.74) is 1.76. The Kier molecular flexibility index (Phi) is 10.7. The van der Waals surface area contributed by atoms with Crippen LogP contribution in [0.2, 0.25) is 0 Å². The van der Waals surface area contributed by atoms with E-state index in [1.165, 1.54) is 37.4 Å². The maximum absolute atomic E-state index is 15.0. The van der Waals surface area contributed by atoms with E-state index >= 15 is 8.78 Å². The van der Waals surface area contributed by atoms with Gasteiger partial charge in [0, 0.05) is 18.3 Å². The van der Waals surface area contributed by atoms with Gasteiger partial charge in [-0.2, -0.15) is 4.31 Å². The SMILES string of the molecule is COc1cccc(CN(CC(=O)N(Cc2cc(C3CC3)cc(C(C)(C)C)c2)c2ccc(C(=O)O)c(O)c2)S(=O)(=O)c2c(F)c(F)c(F)c(F)c2F)c1. The van der Waals surface area contributed by atoms with Gasteiger partial charge in [-0.1, -0.05) is 51.1 Å². The second kappa shape index (κ2) is 14.5. The first-order chi connectivity index (χ1) is 24.3. The Balaban J connectivity index is 1.64. The monoisotopic (exact) mass is 746 g/mol. The fourth-order valence-electron chi connectivity index (χ4n) is 5.65. The van der Waals surface area contributed by atoms with Gasteiger partial charge < -0.3 is 19.8 Å². The molecule has 0 unspecified atom stereocenters. The van der Waals surface area contributed by atoms with Crippen LogP contribution in [0.25, 0.3) is 0 Å². The van der Waals surface area contributed by atoms with Gasteiger partial charge in [0.15, 0.2) is 28.2 Å². The van der Waals surface area contributed by atoms with Crippen molar-refractivity contribution in [1.82, 2.24) is 4.31 Å². The maximum Gasteiger partial charge on any atom is 0.339 e. The molecule has 5 rings (SSSR count). The number of carboxylic acids is 1. The molecule has 9 nitrogen and oxygen atoms in total. The van der Waals surface area contributed by atoms with Crippen molar-refractivity contribution in [2.24, 2.45) is 0 Å². The zero-order valence-electron chi connectivity index (χ0n) is 28.5. The highest BCUT2D eigenvalue weighted by Gasteiger charge is 2.39. The van der Waals surface area contributed by atoms with Crippen LogP contribution in [-0.2, 0) is 33.3 Å². The summed E-state index contributed by atoms with van der Waals surface area (Å²) >= 11 is 0. The molecule has 0 aliphatic heterocycles. The first-order valence-corrected chi connectivity index (χ1v) is 17.4. The number of hydrogen-bond acceptors (Lipinski definition) is 6. The van der Waals surface area contributed by atoms with Gasteiger partial charge in [-0.15, -0.1) is 0 Å². The number of carbonyl (C=O) groups excluding carboxylic acids is 1. The number of aromatic hydroxyl groups is 1. The number of amides is 1. The van der Waals surface area contributed by atoms with Gasteiger partial charge >= 0.3 is 5.97 Å². The normalized spacial score (nSPS) is 13.3. The zero-order chi connectivity index (χ0) is 38.3. The van der Waals surface area contributed by atoms with Gasteiger partial charge in [-0.3, -0.25) is 4.79 Å². The molecule has 0 spiro atoms. The second-order valence-corrected chi connectivity index (χ2v) is 15.4. The van der Waals surface area contributed by atoms with Gasteiger partial charge in [0.25, 0.3) is 0 Å². The van der Waals surface area contributed by atoms with Crippen molar-refractivity contribution >= 4 is 27.6 Å². The van der Waals surface area contributed by atoms with E-state index < -0.39 is 80.3 Å². The average Bonchev–Trinajstić information content (AvgIpc) is 3.94. The molecule has 276 valence electrons. The smallest absolute Gasteiger partial charge is 0.339 e. The number of sulfonamides is 1. The molecule has 4 aromatic rings. The Morgan fingerprint density at radius 3 is 2.04 bits per heavy atom. The van der Waals surface area contributed by atoms with E-state index in [0.717, 1.165) is 41.0 Å². The molecule has 0 aromatic heterocycles. The third kappa shape index (κ3) is 7.89. The molecule has 1 amide bonds. The minimum atomic E-state index is -5.67. The highest BCUT2D eigenvalue weighted by molar-refractivity contribution is 7.89. The van der Waals surface area contributed by atoms with Crippen LogP contribution in [0, 0.1) is 29.1 Å². The number of hydrogen-bond donors (Lipinski definition) is 2. The topological polar surface area (TPSA) is 124 Å². The molecule has 2 N–H and O–H groups in total. The molecule has 0 atom stereocenters. The lowest BCUT2D eigenvalue weighted by Crippen LogP contribution is -2.43. The Labute approximate surface area is 296 Å². The number of phenols is 1. The zero-order valence-corrected chi connectivity index (χ0v) is 29.3. The van der Waals surface area contributed by atoms with Gasteiger partial charge in [0.1, 0.15) is 17.1 Å². The number of ether oxygens (including phenoxy) is 1. The molecule has 0 saturated heterocycles. The molecule has 15 heteroatoms. The van der Waals surface area contributed by atoms with E-state index in [2.05, 4.69) is 6.07 Å². The molecular formula is C37H35F5N2O7S. The summed E-state index contributed by atoms with van der Waals surface area (Å²) in [5, 5.41) is 20.0. The van der Waals surface area contributed by atoms with Crippen LogP contribution in [0.3, 0.4) is 0 Å². The third-order valence-corrected chi connectivity index (χ3v) is 10.5. The quantitative estimate of drug-likeness (QED) is 0.0880. The Morgan fingerprint density at radius 2 is 1.48 bits per heavy atom. The minimum absolute atomic E-state index is 0.0726. The maximum atomic E-state index is 15.0. The summed E-state index contributed by atoms with van der Waals surface area (Å²) in [7, 11) is -4.35. The summed E-state index contributed by atoms with van der Waals surface area (Å²) in [6, 6.07) is 14.7. The number of carboxylic acid groups (broad SMARTS) is 1. The van der Waals surface area contributed by atoms with E-state index in [1.807, 2.05) is 32.9 Å². The van der Waals surface area contributed by atoms with Crippen LogP contribution in [0.15, 0.2) is 65.6 Å². The van der Waals surface area contributed by atoms with Crippen molar-refractivity contribution in [2.75, 3.05) is 18.6 Å². The number of methoxy groups -OCH3 is 1. The van der Waals surface area contributed by atoms with Gasteiger partial charge in [0.2, 0.25) is 21.7 Å². The van der Waals surface area contributed by atoms with Crippen molar-refractivity contribution in [3.8, 4) is 11.5 Å². The van der Waals surface area contributed by atoms with Crippen LogP contribution in [0.4, 0.5) is 27.6 Å². The van der Waals surface area contributed by atoms with Crippen LogP contribution < -0.4 is 9.64 Å². The number of benzene rings is 4. The van der Waals surface area contributed by atoms with Gasteiger partial charge in [0.05, 0.1) is 20.2 Å². The number of carbonyl (C=O) groups is 2. The van der Waals surface area contributed by atoms with E-state index in [4.69, 9.17) is 4.74 Å². The van der Waals surface area contributed by atoms with Crippen molar-refractivity contribution in [1.29, 1.82) is 0 Å². The summed E-state index contributed by atoms with van der Waals surface area (Å²) in [5.74, 6) is -15.5. The molecule has 1 saturated carbocycles. The molecule has 1 aliphatic rings. The summed E-state index contributed by atoms with van der Waals surface area (Å²) in [6.07, 6.45) is 1.91. The molecule has 52 heavy (non-hydrogen) atoms. The predicted octanol–water partition coefficient (Wildman–Crippen LogP) is 7.39. The van der Waals surface area contributed by atoms with Crippen molar-refractivity contribution in [2.45, 2.75) is 62.9 Å². The Bertz CT molecular complexity index is 2140. The van der Waals surface area contributed by atoms with E-state index in [9.17, 15) is 41.4 Å². The first-order valence-electron chi connectivity index (χ1n) is 16.0. The molecule has 0 bridgehead atoms. The first kappa shape index (κ1) is 38.2. The van der Waals surface area contributed by atoms with Crippen molar-refractivity contribution < 1.29 is 54.9 Å². The largest absolute Gasteiger partial charge is 0.507 e. The van der Waals surface area contributed by atoms with E-state index in [1.54, 1.807) is 0 Å². The summed E-state index contributed by atoms with van der Waals surface area (Å²) in [6.45, 7) is 3.76. The van der Waals surface area contributed by atoms with Crippen LogP contribution in [0.5, 0.6) is 11.5 Å². The fourth-order valence-corrected chi connectivity index (χ4v) is 7.14. The number of halogens is 5. The second-order valence-electron chi connectivity index (χ2n) is 13.5. The minimum Gasteiger partial charge on any atom is -0.507 e. The van der Waals surface area contributed by atoms with E-state index in [-0.39, 0.29) is 39.2 Å². The molecular weight excluding hydrogens is 711 g/mol. The number of rotatable bonds is 12. The lowest BCUT2D eigenvalue weighted by Gasteiger charge is -2.29. The molecule has 1 aliphatic carbocycles. The Hall–Kier alpha value is -5.02. The number of anilines is 1. The highest BCUT2D eigenvalue weighted by Crippen LogP contribution is 2.42. The standard InChI is InChI=1S/C37H35F5N2O7S/c1-37(2,3)24-13-21(12-23(15-24)22-8-9-22)18-44(25-10-11-27(36(47)48)28(45)16-25)29(46)19-43(17-20-6-5-7-26(14-20)51-4)52(49,50)35-33(41)31(39)30(38)32(40)34(35)42/h5-7,10-16,22,45H,8-9,17-19H2,1-4H3,(H,47,48). The van der Waals surface area contributed by atoms with Crippen LogP contribution >= 0.6 is 0 Å². The number of aromatic carboxylic acids is 1. The van der Waals surface area contributed by atoms with Gasteiger partial charge in [-0.05, 0) is 70.7 Å². The van der Waals surface area contributed by atoms with Crippen LogP contribution in [-0.4, -0.2) is 48.5 Å². The number of nitrogens with zero attached hydrogens (tertiary/aromatic N) is 2. The lowest BCUT2D eigenvalue weighted by molar-refractivity contribution is -0.119. The average molecular weight is 747 g/mol. The van der Waals surface area contributed by atoms with Crippen molar-refractivity contribution in [3.05, 3.63) is 118 Å². The van der Waals surface area contributed by atoms with Gasteiger partial charge in [-0.25, -0.2) is 35.2 Å². The summed E-state index contributed by atoms with van der Waals surface area (Å²) < 4.78 is 106. The predicted molar refractivity (Wildman–Crippen MR) is 180 cm³/mol. The fraction of sp³-hybridized carbons (Fsp3) is 0.297. The highest BCUT2D eigenvalue weighted by atomic mass is 32.2. The van der Waals surface area contributed by atoms with E-state index in [0.29, 0.717) is 5.56 Å². The molecule has 4 aromatic carbocycles. The third-order valence-electron chi connectivity index (χ3n) is 8.67. The molecule has 0 heterocycles.